The number of carbonyl (C=O) groups is 1. The molecule has 2 N–H and O–H groups in total. The fourth-order valence-corrected chi connectivity index (χ4v) is 2.08. The van der Waals surface area contributed by atoms with Crippen molar-refractivity contribution in [1.29, 1.82) is 0 Å². The molecule has 100 valence electrons. The topological polar surface area (TPSA) is 62.5 Å². The second kappa shape index (κ2) is 6.45. The van der Waals surface area contributed by atoms with Gasteiger partial charge in [0.2, 0.25) is 0 Å². The molecule has 1 heterocycles. The summed E-state index contributed by atoms with van der Waals surface area (Å²) >= 11 is 1.43. The van der Waals surface area contributed by atoms with Crippen molar-refractivity contribution in [2.24, 2.45) is 0 Å². The Morgan fingerprint density at radius 1 is 1.32 bits per heavy atom. The van der Waals surface area contributed by atoms with Gasteiger partial charge in [-0.15, -0.1) is 0 Å². The third kappa shape index (κ3) is 3.39. The molecule has 0 spiro atoms. The molecule has 5 heteroatoms. The van der Waals surface area contributed by atoms with Crippen LogP contribution in [0.25, 0.3) is 0 Å². The second-order valence-electron chi connectivity index (χ2n) is 3.94. The summed E-state index contributed by atoms with van der Waals surface area (Å²) in [6, 6.07) is 12.3. The summed E-state index contributed by atoms with van der Waals surface area (Å²) in [5.41, 5.74) is 0.856. The summed E-state index contributed by atoms with van der Waals surface area (Å²) in [6.07, 6.45) is 1.88. The first-order valence-electron chi connectivity index (χ1n) is 5.85. The van der Waals surface area contributed by atoms with Crippen molar-refractivity contribution in [3.05, 3.63) is 53.8 Å². The number of hydrogen-bond donors (Lipinski definition) is 2. The number of aliphatic hydroxyl groups is 1. The van der Waals surface area contributed by atoms with Crippen LogP contribution in [0.15, 0.2) is 52.0 Å². The highest BCUT2D eigenvalue weighted by Crippen LogP contribution is 2.19. The van der Waals surface area contributed by atoms with E-state index in [0.717, 1.165) is 5.56 Å². The van der Waals surface area contributed by atoms with Gasteiger partial charge < -0.3 is 14.8 Å². The van der Waals surface area contributed by atoms with Crippen molar-refractivity contribution < 1.29 is 14.3 Å². The summed E-state index contributed by atoms with van der Waals surface area (Å²) < 4.78 is 5.35. The summed E-state index contributed by atoms with van der Waals surface area (Å²) in [6.45, 7) is -0.161. The third-order valence-corrected chi connectivity index (χ3v) is 3.32. The van der Waals surface area contributed by atoms with Gasteiger partial charge in [0.25, 0.3) is 5.91 Å². The van der Waals surface area contributed by atoms with Crippen LogP contribution in [0, 0.1) is 0 Å². The van der Waals surface area contributed by atoms with Crippen LogP contribution in [0.5, 0.6) is 0 Å². The molecule has 0 saturated heterocycles. The fourth-order valence-electron chi connectivity index (χ4n) is 1.70. The van der Waals surface area contributed by atoms with E-state index in [1.807, 2.05) is 36.6 Å². The van der Waals surface area contributed by atoms with E-state index in [4.69, 9.17) is 4.42 Å². The van der Waals surface area contributed by atoms with E-state index in [2.05, 4.69) is 5.32 Å². The molecule has 4 nitrogen and oxygen atoms in total. The zero-order valence-corrected chi connectivity index (χ0v) is 11.3. The predicted octanol–water partition coefficient (Wildman–Crippen LogP) is 2.46. The quantitative estimate of drug-likeness (QED) is 0.824. The first-order valence-corrected chi connectivity index (χ1v) is 7.07. The molecule has 0 aliphatic rings. The first kappa shape index (κ1) is 13.7. The molecule has 19 heavy (non-hydrogen) atoms. The van der Waals surface area contributed by atoms with Crippen LogP contribution >= 0.6 is 11.8 Å². The van der Waals surface area contributed by atoms with Gasteiger partial charge in [-0.2, -0.15) is 0 Å². The van der Waals surface area contributed by atoms with Crippen LogP contribution < -0.4 is 5.32 Å². The molecule has 2 rings (SSSR count). The van der Waals surface area contributed by atoms with E-state index in [-0.39, 0.29) is 18.3 Å². The number of carbonyl (C=O) groups excluding carboxylic acids is 1. The van der Waals surface area contributed by atoms with Crippen LogP contribution in [0.3, 0.4) is 0 Å². The predicted molar refractivity (Wildman–Crippen MR) is 74.2 cm³/mol. The number of benzene rings is 1. The minimum absolute atomic E-state index is 0.161. The molecule has 0 aliphatic heterocycles. The number of nitrogens with one attached hydrogen (secondary N) is 1. The molecule has 0 radical (unpaired) electrons. The molecule has 1 amide bonds. The van der Waals surface area contributed by atoms with Crippen molar-refractivity contribution in [2.75, 3.05) is 12.9 Å². The van der Waals surface area contributed by atoms with E-state index in [1.54, 1.807) is 12.1 Å². The molecule has 2 aromatic rings. The maximum atomic E-state index is 12.0. The Kier molecular flexibility index (Phi) is 4.65. The smallest absolute Gasteiger partial charge is 0.287 e. The Labute approximate surface area is 115 Å². The Bertz CT molecular complexity index is 539. The molecule has 1 unspecified atom stereocenters. The second-order valence-corrected chi connectivity index (χ2v) is 4.75. The highest BCUT2D eigenvalue weighted by Gasteiger charge is 2.17. The molecule has 0 saturated carbocycles. The maximum Gasteiger partial charge on any atom is 0.287 e. The number of rotatable bonds is 5. The minimum atomic E-state index is -0.434. The molecule has 0 bridgehead atoms. The van der Waals surface area contributed by atoms with Crippen molar-refractivity contribution in [2.45, 2.75) is 11.1 Å². The van der Waals surface area contributed by atoms with E-state index in [1.165, 1.54) is 11.8 Å². The average Bonchev–Trinajstić information content (AvgIpc) is 2.94. The number of thioether (sulfide) groups is 1. The minimum Gasteiger partial charge on any atom is -0.445 e. The van der Waals surface area contributed by atoms with Gasteiger partial charge >= 0.3 is 0 Å². The van der Waals surface area contributed by atoms with Crippen molar-refractivity contribution in [1.82, 2.24) is 5.32 Å². The third-order valence-electron chi connectivity index (χ3n) is 2.70. The molecule has 1 aromatic carbocycles. The average molecular weight is 277 g/mol. The first-order chi connectivity index (χ1) is 9.24. The van der Waals surface area contributed by atoms with E-state index < -0.39 is 6.04 Å². The van der Waals surface area contributed by atoms with E-state index >= 15 is 0 Å². The Morgan fingerprint density at radius 3 is 2.63 bits per heavy atom. The van der Waals surface area contributed by atoms with Gasteiger partial charge in [0.15, 0.2) is 10.9 Å². The van der Waals surface area contributed by atoms with Gasteiger partial charge in [0, 0.05) is 0 Å². The SMILES string of the molecule is CSc1ccc(C(=O)NC(CO)c2ccccc2)o1. The van der Waals surface area contributed by atoms with E-state index in [9.17, 15) is 9.90 Å². The van der Waals surface area contributed by atoms with Gasteiger partial charge in [-0.1, -0.05) is 42.1 Å². The van der Waals surface area contributed by atoms with Gasteiger partial charge in [-0.3, -0.25) is 4.79 Å². The Balaban J connectivity index is 2.08. The van der Waals surface area contributed by atoms with Crippen molar-refractivity contribution in [3.63, 3.8) is 0 Å². The summed E-state index contributed by atoms with van der Waals surface area (Å²) in [7, 11) is 0. The van der Waals surface area contributed by atoms with Crippen LogP contribution in [-0.4, -0.2) is 23.9 Å². The van der Waals surface area contributed by atoms with Crippen LogP contribution in [0.1, 0.15) is 22.2 Å². The molecule has 0 fully saturated rings. The van der Waals surface area contributed by atoms with E-state index in [0.29, 0.717) is 5.09 Å². The lowest BCUT2D eigenvalue weighted by Gasteiger charge is -2.15. The highest BCUT2D eigenvalue weighted by molar-refractivity contribution is 7.98. The van der Waals surface area contributed by atoms with Gasteiger partial charge in [0.1, 0.15) is 0 Å². The molecule has 0 aliphatic carbocycles. The molecule has 1 atom stereocenters. The van der Waals surface area contributed by atoms with Crippen LogP contribution in [0.2, 0.25) is 0 Å². The Hall–Kier alpha value is -1.72. The maximum absolute atomic E-state index is 12.0. The number of furan rings is 1. The number of amides is 1. The van der Waals surface area contributed by atoms with Crippen LogP contribution in [0.4, 0.5) is 0 Å². The molecular formula is C14H15NO3S. The van der Waals surface area contributed by atoms with Gasteiger partial charge in [-0.25, -0.2) is 0 Å². The number of aliphatic hydroxyl groups excluding tert-OH is 1. The highest BCUT2D eigenvalue weighted by atomic mass is 32.2. The largest absolute Gasteiger partial charge is 0.445 e. The summed E-state index contributed by atoms with van der Waals surface area (Å²) in [5, 5.41) is 12.8. The number of hydrogen-bond acceptors (Lipinski definition) is 4. The zero-order chi connectivity index (χ0) is 13.7. The van der Waals surface area contributed by atoms with Gasteiger partial charge in [-0.05, 0) is 24.0 Å². The normalized spacial score (nSPS) is 12.1. The monoisotopic (exact) mass is 277 g/mol. The summed E-state index contributed by atoms with van der Waals surface area (Å²) in [4.78, 5) is 12.0. The lowest BCUT2D eigenvalue weighted by atomic mass is 10.1. The van der Waals surface area contributed by atoms with Crippen molar-refractivity contribution >= 4 is 17.7 Å². The fraction of sp³-hybridized carbons (Fsp3) is 0.214. The summed E-state index contributed by atoms with van der Waals surface area (Å²) in [5.74, 6) is -0.0815. The van der Waals surface area contributed by atoms with Crippen molar-refractivity contribution in [3.8, 4) is 0 Å². The standard InChI is InChI=1S/C14H15NO3S/c1-19-13-8-7-12(18-13)14(17)15-11(9-16)10-5-3-2-4-6-10/h2-8,11,16H,9H2,1H3,(H,15,17). The lowest BCUT2D eigenvalue weighted by molar-refractivity contribution is 0.0883. The molecular weight excluding hydrogens is 262 g/mol. The zero-order valence-electron chi connectivity index (χ0n) is 10.5. The molecule has 1 aromatic heterocycles. The Morgan fingerprint density at radius 2 is 2.05 bits per heavy atom. The lowest BCUT2D eigenvalue weighted by Crippen LogP contribution is -2.30. The van der Waals surface area contributed by atoms with Crippen LogP contribution in [-0.2, 0) is 0 Å². The van der Waals surface area contributed by atoms with Gasteiger partial charge in [0.05, 0.1) is 12.6 Å².